The van der Waals surface area contributed by atoms with E-state index in [1.165, 1.54) is 28.7 Å². The highest BCUT2D eigenvalue weighted by Crippen LogP contribution is 2.13. The van der Waals surface area contributed by atoms with Crippen molar-refractivity contribution in [3.8, 4) is 0 Å². The molecule has 0 saturated carbocycles. The summed E-state index contributed by atoms with van der Waals surface area (Å²) in [5.41, 5.74) is 5.69. The van der Waals surface area contributed by atoms with Gasteiger partial charge in [0.05, 0.1) is 0 Å². The van der Waals surface area contributed by atoms with E-state index in [0.717, 1.165) is 32.1 Å². The maximum Gasteiger partial charge on any atom is 0.317 e. The maximum atomic E-state index is 11.4. The van der Waals surface area contributed by atoms with E-state index in [1.807, 2.05) is 0 Å². The van der Waals surface area contributed by atoms with Gasteiger partial charge in [-0.1, -0.05) is 46.6 Å². The van der Waals surface area contributed by atoms with E-state index >= 15 is 0 Å². The van der Waals surface area contributed by atoms with Crippen molar-refractivity contribution in [3.05, 3.63) is 46.6 Å². The molecule has 0 spiro atoms. The Balaban J connectivity index is 4.03. The Labute approximate surface area is 161 Å². The number of carbonyl (C=O) groups excluding carboxylic acids is 1. The summed E-state index contributed by atoms with van der Waals surface area (Å²) in [5, 5.41) is 2.86. The molecule has 0 aromatic heterocycles. The van der Waals surface area contributed by atoms with Gasteiger partial charge < -0.3 is 10.2 Å². The largest absolute Gasteiger partial charge is 0.335 e. The van der Waals surface area contributed by atoms with Crippen LogP contribution < -0.4 is 5.32 Å². The SMILES string of the molecule is CC(C)=CCC/C(C)=C/CC/C(C)=C/CC/C(C)=C/CNC(=O)N(C)C. The summed E-state index contributed by atoms with van der Waals surface area (Å²) >= 11 is 0. The van der Waals surface area contributed by atoms with Crippen molar-refractivity contribution >= 4 is 6.03 Å². The second-order valence-electron chi connectivity index (χ2n) is 7.63. The van der Waals surface area contributed by atoms with Crippen LogP contribution >= 0.6 is 0 Å². The predicted octanol–water partition coefficient (Wildman–Crippen LogP) is 6.40. The molecule has 0 aromatic rings. The molecule has 0 aliphatic carbocycles. The molecule has 0 rings (SSSR count). The van der Waals surface area contributed by atoms with E-state index in [4.69, 9.17) is 0 Å². The van der Waals surface area contributed by atoms with Crippen LogP contribution in [0.15, 0.2) is 46.6 Å². The number of nitrogens with one attached hydrogen (secondary N) is 1. The average molecular weight is 361 g/mol. The lowest BCUT2D eigenvalue weighted by Gasteiger charge is -2.10. The van der Waals surface area contributed by atoms with Gasteiger partial charge in [-0.05, 0) is 73.1 Å². The molecule has 2 amide bonds. The minimum absolute atomic E-state index is 0.0472. The van der Waals surface area contributed by atoms with Gasteiger partial charge in [-0.3, -0.25) is 0 Å². The summed E-state index contributed by atoms with van der Waals surface area (Å²) in [4.78, 5) is 13.0. The zero-order valence-electron chi connectivity index (χ0n) is 18.1. The Bertz CT molecular complexity index is 532. The van der Waals surface area contributed by atoms with Crippen molar-refractivity contribution in [2.24, 2.45) is 0 Å². The van der Waals surface area contributed by atoms with Gasteiger partial charge in [-0.2, -0.15) is 0 Å². The van der Waals surface area contributed by atoms with Crippen LogP contribution in [0.4, 0.5) is 4.79 Å². The van der Waals surface area contributed by atoms with E-state index in [9.17, 15) is 4.79 Å². The molecule has 0 unspecified atom stereocenters. The smallest absolute Gasteiger partial charge is 0.317 e. The van der Waals surface area contributed by atoms with Gasteiger partial charge in [0, 0.05) is 20.6 Å². The molecule has 0 fully saturated rings. The molecule has 1 N–H and O–H groups in total. The first kappa shape index (κ1) is 24.2. The second-order valence-corrected chi connectivity index (χ2v) is 7.63. The molecule has 26 heavy (non-hydrogen) atoms. The fourth-order valence-corrected chi connectivity index (χ4v) is 2.46. The number of nitrogens with zero attached hydrogens (tertiary/aromatic N) is 1. The predicted molar refractivity (Wildman–Crippen MR) is 115 cm³/mol. The average Bonchev–Trinajstić information content (AvgIpc) is 2.54. The van der Waals surface area contributed by atoms with Crippen LogP contribution in [0.5, 0.6) is 0 Å². The topological polar surface area (TPSA) is 32.3 Å². The number of allylic oxidation sites excluding steroid dienone is 7. The van der Waals surface area contributed by atoms with Crippen molar-refractivity contribution in [1.82, 2.24) is 10.2 Å². The summed E-state index contributed by atoms with van der Waals surface area (Å²) in [7, 11) is 3.50. The molecule has 0 aliphatic heterocycles. The lowest BCUT2D eigenvalue weighted by Crippen LogP contribution is -2.34. The van der Waals surface area contributed by atoms with Crippen molar-refractivity contribution < 1.29 is 4.79 Å². The number of amides is 2. The summed E-state index contributed by atoms with van der Waals surface area (Å²) in [6.07, 6.45) is 15.9. The Morgan fingerprint density at radius 2 is 1.15 bits per heavy atom. The highest BCUT2D eigenvalue weighted by molar-refractivity contribution is 5.73. The van der Waals surface area contributed by atoms with Crippen LogP contribution in [0.1, 0.15) is 73.1 Å². The summed E-state index contributed by atoms with van der Waals surface area (Å²) in [6.45, 7) is 11.5. The minimum Gasteiger partial charge on any atom is -0.335 e. The molecule has 148 valence electrons. The van der Waals surface area contributed by atoms with E-state index in [1.54, 1.807) is 19.0 Å². The number of hydrogen-bond donors (Lipinski definition) is 1. The van der Waals surface area contributed by atoms with Crippen molar-refractivity contribution in [2.75, 3.05) is 20.6 Å². The Kier molecular flexibility index (Phi) is 13.4. The first-order valence-electron chi connectivity index (χ1n) is 9.77. The minimum atomic E-state index is -0.0472. The normalized spacial score (nSPS) is 12.8. The molecule has 0 bridgehead atoms. The van der Waals surface area contributed by atoms with Gasteiger partial charge >= 0.3 is 6.03 Å². The Hall–Kier alpha value is -1.77. The van der Waals surface area contributed by atoms with Crippen LogP contribution in [0, 0.1) is 0 Å². The summed E-state index contributed by atoms with van der Waals surface area (Å²) in [6, 6.07) is -0.0472. The first-order valence-corrected chi connectivity index (χ1v) is 9.77. The van der Waals surface area contributed by atoms with Gasteiger partial charge in [0.1, 0.15) is 0 Å². The molecule has 0 saturated heterocycles. The molecule has 0 radical (unpaired) electrons. The van der Waals surface area contributed by atoms with Gasteiger partial charge in [0.15, 0.2) is 0 Å². The quantitative estimate of drug-likeness (QED) is 0.425. The molecule has 0 atom stereocenters. The van der Waals surface area contributed by atoms with E-state index in [2.05, 4.69) is 64.2 Å². The summed E-state index contributed by atoms with van der Waals surface area (Å²) < 4.78 is 0. The molecule has 3 heteroatoms. The van der Waals surface area contributed by atoms with Crippen LogP contribution in [0.2, 0.25) is 0 Å². The zero-order chi connectivity index (χ0) is 19.9. The van der Waals surface area contributed by atoms with E-state index < -0.39 is 0 Å². The van der Waals surface area contributed by atoms with Crippen molar-refractivity contribution in [2.45, 2.75) is 73.1 Å². The van der Waals surface area contributed by atoms with Gasteiger partial charge in [-0.15, -0.1) is 0 Å². The number of urea groups is 1. The Morgan fingerprint density at radius 3 is 1.58 bits per heavy atom. The van der Waals surface area contributed by atoms with Crippen LogP contribution in [-0.4, -0.2) is 31.6 Å². The fourth-order valence-electron chi connectivity index (χ4n) is 2.46. The standard InChI is InChI=1S/C23H40N2O/c1-19(2)11-8-12-20(3)13-9-14-21(4)15-10-16-22(5)17-18-24-23(26)25(6)7/h11,13,15,17H,8-10,12,14,16,18H2,1-7H3,(H,24,26)/b20-13+,21-15+,22-17+. The molecular formula is C23H40N2O. The lowest BCUT2D eigenvalue weighted by molar-refractivity contribution is 0.218. The lowest BCUT2D eigenvalue weighted by atomic mass is 10.0. The van der Waals surface area contributed by atoms with Crippen molar-refractivity contribution in [3.63, 3.8) is 0 Å². The zero-order valence-corrected chi connectivity index (χ0v) is 18.1. The number of rotatable bonds is 11. The molecular weight excluding hydrogens is 320 g/mol. The monoisotopic (exact) mass is 360 g/mol. The third kappa shape index (κ3) is 14.6. The third-order valence-corrected chi connectivity index (χ3v) is 4.26. The molecule has 0 aliphatic rings. The van der Waals surface area contributed by atoms with Gasteiger partial charge in [0.2, 0.25) is 0 Å². The highest BCUT2D eigenvalue weighted by Gasteiger charge is 1.99. The van der Waals surface area contributed by atoms with E-state index in [-0.39, 0.29) is 6.03 Å². The van der Waals surface area contributed by atoms with E-state index in [0.29, 0.717) is 6.54 Å². The number of hydrogen-bond acceptors (Lipinski definition) is 1. The first-order chi connectivity index (χ1) is 12.2. The van der Waals surface area contributed by atoms with Crippen LogP contribution in [0.3, 0.4) is 0 Å². The second kappa shape index (κ2) is 14.4. The molecule has 3 nitrogen and oxygen atoms in total. The molecule has 0 aromatic carbocycles. The highest BCUT2D eigenvalue weighted by atomic mass is 16.2. The van der Waals surface area contributed by atoms with Crippen LogP contribution in [-0.2, 0) is 0 Å². The van der Waals surface area contributed by atoms with Crippen molar-refractivity contribution in [1.29, 1.82) is 0 Å². The maximum absolute atomic E-state index is 11.4. The summed E-state index contributed by atoms with van der Waals surface area (Å²) in [5.74, 6) is 0. The molecule has 0 heterocycles. The van der Waals surface area contributed by atoms with Gasteiger partial charge in [0.25, 0.3) is 0 Å². The van der Waals surface area contributed by atoms with Crippen LogP contribution in [0.25, 0.3) is 0 Å². The fraction of sp³-hybridized carbons (Fsp3) is 0.609. The number of carbonyl (C=O) groups is 1. The van der Waals surface area contributed by atoms with Gasteiger partial charge in [-0.25, -0.2) is 4.79 Å². The third-order valence-electron chi connectivity index (χ3n) is 4.26. The Morgan fingerprint density at radius 1 is 0.731 bits per heavy atom.